The zero-order valence-electron chi connectivity index (χ0n) is 16.7. The van der Waals surface area contributed by atoms with Crippen LogP contribution in [0.2, 0.25) is 0 Å². The third kappa shape index (κ3) is 3.36. The topological polar surface area (TPSA) is 57.7 Å². The normalized spacial score (nSPS) is 22.2. The third-order valence-corrected chi connectivity index (χ3v) is 6.76. The lowest BCUT2D eigenvalue weighted by atomic mass is 9.88. The van der Waals surface area contributed by atoms with Crippen LogP contribution in [0, 0.1) is 0 Å². The van der Waals surface area contributed by atoms with E-state index in [2.05, 4.69) is 4.90 Å². The highest BCUT2D eigenvalue weighted by atomic mass is 16.2. The molecule has 1 heterocycles. The minimum atomic E-state index is -0.753. The lowest BCUT2D eigenvalue weighted by molar-refractivity contribution is -0.141. The van der Waals surface area contributed by atoms with Gasteiger partial charge < -0.3 is 4.90 Å². The van der Waals surface area contributed by atoms with Crippen LogP contribution in [-0.4, -0.2) is 45.6 Å². The first-order valence-electron chi connectivity index (χ1n) is 10.9. The monoisotopic (exact) mass is 382 g/mol. The predicted octanol–water partition coefficient (Wildman–Crippen LogP) is 4.17. The Morgan fingerprint density at radius 1 is 0.857 bits per heavy atom. The van der Waals surface area contributed by atoms with Crippen molar-refractivity contribution in [2.24, 2.45) is 0 Å². The molecule has 1 aliphatic heterocycles. The van der Waals surface area contributed by atoms with Crippen LogP contribution in [0.3, 0.4) is 0 Å². The average molecular weight is 383 g/mol. The summed E-state index contributed by atoms with van der Waals surface area (Å²) in [6.45, 7) is 1.72. The molecule has 28 heavy (non-hydrogen) atoms. The maximum Gasteiger partial charge on any atom is 0.262 e. The molecule has 3 amide bonds. The minimum Gasteiger partial charge on any atom is -0.335 e. The SMILES string of the molecule is C[C@@H](C(=O)N(C1CCCCC1)C1CCCCC1)N1C(=O)c2ccccc2C1=O. The molecule has 150 valence electrons. The summed E-state index contributed by atoms with van der Waals surface area (Å²) in [4.78, 5) is 42.7. The number of carbonyl (C=O) groups excluding carboxylic acids is 3. The van der Waals surface area contributed by atoms with E-state index in [0.29, 0.717) is 11.1 Å². The summed E-state index contributed by atoms with van der Waals surface area (Å²) in [6, 6.07) is 6.62. The number of rotatable bonds is 4. The van der Waals surface area contributed by atoms with Crippen molar-refractivity contribution in [1.29, 1.82) is 0 Å². The molecular weight excluding hydrogens is 352 g/mol. The van der Waals surface area contributed by atoms with Crippen molar-refractivity contribution in [2.45, 2.75) is 89.3 Å². The number of hydrogen-bond donors (Lipinski definition) is 0. The maximum atomic E-state index is 13.7. The minimum absolute atomic E-state index is 0.0479. The van der Waals surface area contributed by atoms with E-state index in [9.17, 15) is 14.4 Å². The molecule has 2 fully saturated rings. The number of amides is 3. The van der Waals surface area contributed by atoms with Gasteiger partial charge in [-0.2, -0.15) is 0 Å². The second-order valence-corrected chi connectivity index (χ2v) is 8.53. The van der Waals surface area contributed by atoms with Gasteiger partial charge in [0.2, 0.25) is 5.91 Å². The number of hydrogen-bond acceptors (Lipinski definition) is 3. The standard InChI is InChI=1S/C23H30N2O3/c1-16(24-22(27)19-14-8-9-15-20(19)23(24)28)21(26)25(17-10-4-2-5-11-17)18-12-6-3-7-13-18/h8-9,14-18H,2-7,10-13H2,1H3/t16-/m0/s1. The van der Waals surface area contributed by atoms with Crippen molar-refractivity contribution in [2.75, 3.05) is 0 Å². The molecule has 5 heteroatoms. The molecule has 2 saturated carbocycles. The van der Waals surface area contributed by atoms with Crippen LogP contribution in [0.1, 0.15) is 91.8 Å². The van der Waals surface area contributed by atoms with E-state index in [0.717, 1.165) is 51.4 Å². The van der Waals surface area contributed by atoms with Gasteiger partial charge in [-0.15, -0.1) is 0 Å². The Labute approximate surface area is 167 Å². The maximum absolute atomic E-state index is 13.7. The van der Waals surface area contributed by atoms with Gasteiger partial charge in [-0.1, -0.05) is 50.7 Å². The molecule has 1 atom stereocenters. The van der Waals surface area contributed by atoms with Crippen molar-refractivity contribution in [3.63, 3.8) is 0 Å². The van der Waals surface area contributed by atoms with Crippen molar-refractivity contribution in [1.82, 2.24) is 9.80 Å². The summed E-state index contributed by atoms with van der Waals surface area (Å²) in [5.74, 6) is -0.726. The molecule has 1 aromatic carbocycles. The molecular formula is C23H30N2O3. The van der Waals surface area contributed by atoms with Gasteiger partial charge in [0.1, 0.15) is 6.04 Å². The molecule has 0 radical (unpaired) electrons. The van der Waals surface area contributed by atoms with Crippen molar-refractivity contribution < 1.29 is 14.4 Å². The van der Waals surface area contributed by atoms with Gasteiger partial charge >= 0.3 is 0 Å². The molecule has 5 nitrogen and oxygen atoms in total. The molecule has 0 unspecified atom stereocenters. The molecule has 4 rings (SSSR count). The quantitative estimate of drug-likeness (QED) is 0.735. The lowest BCUT2D eigenvalue weighted by Gasteiger charge is -2.43. The van der Waals surface area contributed by atoms with E-state index >= 15 is 0 Å². The second-order valence-electron chi connectivity index (χ2n) is 8.53. The number of nitrogens with zero attached hydrogens (tertiary/aromatic N) is 2. The zero-order chi connectivity index (χ0) is 19.7. The molecule has 0 saturated heterocycles. The summed E-state index contributed by atoms with van der Waals surface area (Å²) in [7, 11) is 0. The van der Waals surface area contributed by atoms with Crippen LogP contribution in [0.4, 0.5) is 0 Å². The van der Waals surface area contributed by atoms with Crippen LogP contribution in [0.25, 0.3) is 0 Å². The van der Waals surface area contributed by atoms with E-state index < -0.39 is 6.04 Å². The number of carbonyl (C=O) groups is 3. The van der Waals surface area contributed by atoms with Crippen LogP contribution >= 0.6 is 0 Å². The van der Waals surface area contributed by atoms with Crippen LogP contribution in [0.5, 0.6) is 0 Å². The van der Waals surface area contributed by atoms with Crippen LogP contribution in [0.15, 0.2) is 24.3 Å². The average Bonchev–Trinajstić information content (AvgIpc) is 3.00. The smallest absolute Gasteiger partial charge is 0.262 e. The van der Waals surface area contributed by atoms with Crippen molar-refractivity contribution in [3.05, 3.63) is 35.4 Å². The van der Waals surface area contributed by atoms with Gasteiger partial charge in [-0.25, -0.2) is 0 Å². The van der Waals surface area contributed by atoms with Crippen LogP contribution in [-0.2, 0) is 4.79 Å². The van der Waals surface area contributed by atoms with Gasteiger partial charge in [0, 0.05) is 12.1 Å². The van der Waals surface area contributed by atoms with Gasteiger partial charge in [-0.3, -0.25) is 19.3 Å². The van der Waals surface area contributed by atoms with Crippen molar-refractivity contribution in [3.8, 4) is 0 Å². The van der Waals surface area contributed by atoms with E-state index in [4.69, 9.17) is 0 Å². The Morgan fingerprint density at radius 3 is 1.71 bits per heavy atom. The highest BCUT2D eigenvalue weighted by molar-refractivity contribution is 6.22. The Hall–Kier alpha value is -2.17. The Morgan fingerprint density at radius 2 is 1.29 bits per heavy atom. The largest absolute Gasteiger partial charge is 0.335 e. The molecule has 0 spiro atoms. The number of fused-ring (bicyclic) bond motifs is 1. The molecule has 0 bridgehead atoms. The summed E-state index contributed by atoms with van der Waals surface area (Å²) in [5.41, 5.74) is 0.822. The summed E-state index contributed by atoms with van der Waals surface area (Å²) in [5, 5.41) is 0. The van der Waals surface area contributed by atoms with Crippen molar-refractivity contribution >= 4 is 17.7 Å². The first-order chi connectivity index (χ1) is 13.6. The summed E-state index contributed by atoms with van der Waals surface area (Å²) in [6.07, 6.45) is 11.2. The Balaban J connectivity index is 1.59. The van der Waals surface area contributed by atoms with Gasteiger partial charge in [0.05, 0.1) is 11.1 Å². The summed E-state index contributed by atoms with van der Waals surface area (Å²) < 4.78 is 0. The molecule has 0 aromatic heterocycles. The molecule has 1 aromatic rings. The Bertz CT molecular complexity index is 710. The van der Waals surface area contributed by atoms with E-state index in [-0.39, 0.29) is 29.8 Å². The van der Waals surface area contributed by atoms with E-state index in [1.807, 2.05) is 0 Å². The first-order valence-corrected chi connectivity index (χ1v) is 10.9. The lowest BCUT2D eigenvalue weighted by Crippen LogP contribution is -2.56. The fraction of sp³-hybridized carbons (Fsp3) is 0.609. The molecule has 0 N–H and O–H groups in total. The second kappa shape index (κ2) is 8.06. The van der Waals surface area contributed by atoms with Gasteiger partial charge in [-0.05, 0) is 44.7 Å². The van der Waals surface area contributed by atoms with Gasteiger partial charge in [0.15, 0.2) is 0 Å². The first kappa shape index (κ1) is 19.2. The van der Waals surface area contributed by atoms with E-state index in [1.54, 1.807) is 31.2 Å². The Kier molecular flexibility index (Phi) is 5.51. The predicted molar refractivity (Wildman–Crippen MR) is 107 cm³/mol. The fourth-order valence-electron chi connectivity index (χ4n) is 5.26. The summed E-state index contributed by atoms with van der Waals surface area (Å²) >= 11 is 0. The fourth-order valence-corrected chi connectivity index (χ4v) is 5.26. The van der Waals surface area contributed by atoms with Crippen LogP contribution < -0.4 is 0 Å². The highest BCUT2D eigenvalue weighted by Crippen LogP contribution is 2.32. The molecule has 3 aliphatic rings. The van der Waals surface area contributed by atoms with E-state index in [1.165, 1.54) is 17.7 Å². The highest BCUT2D eigenvalue weighted by Gasteiger charge is 2.44. The molecule has 2 aliphatic carbocycles. The number of benzene rings is 1. The number of imide groups is 1. The third-order valence-electron chi connectivity index (χ3n) is 6.76. The zero-order valence-corrected chi connectivity index (χ0v) is 16.7. The van der Waals surface area contributed by atoms with Gasteiger partial charge in [0.25, 0.3) is 11.8 Å².